The van der Waals surface area contributed by atoms with E-state index in [9.17, 15) is 0 Å². The molecule has 1 fully saturated rings. The van der Waals surface area contributed by atoms with Gasteiger partial charge in [-0.15, -0.1) is 0 Å². The van der Waals surface area contributed by atoms with E-state index in [1.54, 1.807) is 0 Å². The van der Waals surface area contributed by atoms with Gasteiger partial charge in [0.2, 0.25) is 0 Å². The third-order valence-corrected chi connectivity index (χ3v) is 2.25. The molecule has 2 atom stereocenters. The van der Waals surface area contributed by atoms with Gasteiger partial charge in [-0.25, -0.2) is 0 Å². The molecule has 1 aliphatic heterocycles. The first kappa shape index (κ1) is 9.52. The SMILES string of the molecule is C=C(C)C1NC(=S)OC1C(C)C. The van der Waals surface area contributed by atoms with Crippen LogP contribution in [0, 0.1) is 5.92 Å². The van der Waals surface area contributed by atoms with E-state index in [4.69, 9.17) is 17.0 Å². The first-order valence-corrected chi connectivity index (χ1v) is 4.55. The summed E-state index contributed by atoms with van der Waals surface area (Å²) in [5.74, 6) is 0.458. The van der Waals surface area contributed by atoms with Crippen molar-refractivity contribution in [3.63, 3.8) is 0 Å². The summed E-state index contributed by atoms with van der Waals surface area (Å²) in [5, 5.41) is 3.60. The van der Waals surface area contributed by atoms with Gasteiger partial charge in [-0.2, -0.15) is 0 Å². The van der Waals surface area contributed by atoms with E-state index in [0.717, 1.165) is 5.57 Å². The Bertz CT molecular complexity index is 213. The molecule has 2 nitrogen and oxygen atoms in total. The highest BCUT2D eigenvalue weighted by molar-refractivity contribution is 7.80. The number of hydrogen-bond donors (Lipinski definition) is 1. The Hall–Kier alpha value is -0.570. The Balaban J connectivity index is 2.72. The van der Waals surface area contributed by atoms with E-state index in [0.29, 0.717) is 11.1 Å². The number of nitrogens with one attached hydrogen (secondary N) is 1. The third-order valence-electron chi connectivity index (χ3n) is 2.03. The number of thiocarbonyl (C=S) groups is 1. The minimum Gasteiger partial charge on any atom is -0.465 e. The number of ether oxygens (including phenoxy) is 1. The van der Waals surface area contributed by atoms with Crippen molar-refractivity contribution < 1.29 is 4.74 Å². The van der Waals surface area contributed by atoms with Crippen LogP contribution < -0.4 is 5.32 Å². The van der Waals surface area contributed by atoms with Crippen molar-refractivity contribution in [3.8, 4) is 0 Å². The van der Waals surface area contributed by atoms with Crippen LogP contribution in [0.3, 0.4) is 0 Å². The van der Waals surface area contributed by atoms with Gasteiger partial charge >= 0.3 is 0 Å². The van der Waals surface area contributed by atoms with E-state index in [-0.39, 0.29) is 12.1 Å². The van der Waals surface area contributed by atoms with Gasteiger partial charge in [-0.05, 0) is 25.1 Å². The fourth-order valence-electron chi connectivity index (χ4n) is 1.36. The Morgan fingerprint density at radius 2 is 2.25 bits per heavy atom. The highest BCUT2D eigenvalue weighted by Crippen LogP contribution is 2.21. The summed E-state index contributed by atoms with van der Waals surface area (Å²) in [6.45, 7) is 10.1. The Morgan fingerprint density at radius 1 is 1.67 bits per heavy atom. The number of hydrogen-bond acceptors (Lipinski definition) is 2. The molecule has 0 aromatic rings. The second-order valence-electron chi connectivity index (χ2n) is 3.58. The highest BCUT2D eigenvalue weighted by Gasteiger charge is 2.34. The van der Waals surface area contributed by atoms with E-state index in [2.05, 4.69) is 25.7 Å². The Morgan fingerprint density at radius 3 is 2.58 bits per heavy atom. The lowest BCUT2D eigenvalue weighted by atomic mass is 9.96. The predicted octanol–water partition coefficient (Wildman–Crippen LogP) is 1.86. The van der Waals surface area contributed by atoms with Crippen molar-refractivity contribution in [2.45, 2.75) is 32.9 Å². The lowest BCUT2D eigenvalue weighted by molar-refractivity contribution is 0.160. The second-order valence-corrected chi connectivity index (χ2v) is 3.95. The van der Waals surface area contributed by atoms with Crippen molar-refractivity contribution >= 4 is 17.4 Å². The van der Waals surface area contributed by atoms with Gasteiger partial charge < -0.3 is 10.1 Å². The maximum Gasteiger partial charge on any atom is 0.257 e. The van der Waals surface area contributed by atoms with Crippen LogP contribution >= 0.6 is 12.2 Å². The molecule has 0 bridgehead atoms. The molecule has 0 amide bonds. The quantitative estimate of drug-likeness (QED) is 0.524. The van der Waals surface area contributed by atoms with Gasteiger partial charge in [0, 0.05) is 0 Å². The van der Waals surface area contributed by atoms with Crippen molar-refractivity contribution in [1.29, 1.82) is 0 Å². The molecule has 1 heterocycles. The molecule has 0 spiro atoms. The summed E-state index contributed by atoms with van der Waals surface area (Å²) in [6, 6.07) is 0.192. The molecule has 3 heteroatoms. The monoisotopic (exact) mass is 185 g/mol. The molecule has 2 unspecified atom stereocenters. The largest absolute Gasteiger partial charge is 0.465 e. The summed E-state index contributed by atoms with van der Waals surface area (Å²) in [5.41, 5.74) is 1.08. The number of rotatable bonds is 2. The lowest BCUT2D eigenvalue weighted by Gasteiger charge is -2.20. The zero-order valence-corrected chi connectivity index (χ0v) is 8.57. The van der Waals surface area contributed by atoms with Gasteiger partial charge in [-0.1, -0.05) is 26.0 Å². The normalized spacial score (nSPS) is 28.5. The Kier molecular flexibility index (Phi) is 2.73. The molecule has 0 aliphatic carbocycles. The molecular weight excluding hydrogens is 170 g/mol. The summed E-state index contributed by atoms with van der Waals surface area (Å²) in [7, 11) is 0. The maximum atomic E-state index is 5.46. The summed E-state index contributed by atoms with van der Waals surface area (Å²) in [4.78, 5) is 0. The molecule has 0 aromatic heterocycles. The van der Waals surface area contributed by atoms with Crippen LogP contribution in [0.5, 0.6) is 0 Å². The van der Waals surface area contributed by atoms with Crippen LogP contribution in [-0.2, 0) is 4.74 Å². The van der Waals surface area contributed by atoms with Gasteiger partial charge in [0.15, 0.2) is 0 Å². The summed E-state index contributed by atoms with van der Waals surface area (Å²) < 4.78 is 5.46. The van der Waals surface area contributed by atoms with Crippen molar-refractivity contribution in [2.24, 2.45) is 5.92 Å². The molecule has 68 valence electrons. The van der Waals surface area contributed by atoms with E-state index >= 15 is 0 Å². The first-order valence-electron chi connectivity index (χ1n) is 4.15. The maximum absolute atomic E-state index is 5.46. The summed E-state index contributed by atoms with van der Waals surface area (Å²) in [6.07, 6.45) is 0.148. The molecule has 12 heavy (non-hydrogen) atoms. The van der Waals surface area contributed by atoms with Crippen LogP contribution in [0.15, 0.2) is 12.2 Å². The first-order chi connectivity index (χ1) is 5.52. The van der Waals surface area contributed by atoms with Crippen molar-refractivity contribution in [3.05, 3.63) is 12.2 Å². The lowest BCUT2D eigenvalue weighted by Crippen LogP contribution is -2.35. The Labute approximate surface area is 79.0 Å². The van der Waals surface area contributed by atoms with Crippen LogP contribution in [0.2, 0.25) is 0 Å². The molecule has 0 aromatic carbocycles. The van der Waals surface area contributed by atoms with Crippen molar-refractivity contribution in [2.75, 3.05) is 0 Å². The van der Waals surface area contributed by atoms with Gasteiger partial charge in [0.1, 0.15) is 6.10 Å². The van der Waals surface area contributed by atoms with Gasteiger partial charge in [0.05, 0.1) is 6.04 Å². The molecule has 0 radical (unpaired) electrons. The predicted molar refractivity (Wildman–Crippen MR) is 54.0 cm³/mol. The van der Waals surface area contributed by atoms with Gasteiger partial charge in [0.25, 0.3) is 5.17 Å². The molecule has 0 saturated carbocycles. The standard InChI is InChI=1S/C9H15NOS/c1-5(2)7-8(6(3)4)11-9(12)10-7/h6-8H,1H2,2-4H3,(H,10,12). The average molecular weight is 185 g/mol. The molecule has 1 aliphatic rings. The van der Waals surface area contributed by atoms with Crippen LogP contribution in [-0.4, -0.2) is 17.3 Å². The molecular formula is C9H15NOS. The minimum atomic E-state index is 0.148. The second kappa shape index (κ2) is 3.44. The van der Waals surface area contributed by atoms with Gasteiger partial charge in [-0.3, -0.25) is 0 Å². The molecule has 1 rings (SSSR count). The average Bonchev–Trinajstić information content (AvgIpc) is 2.31. The molecule has 1 saturated heterocycles. The zero-order chi connectivity index (χ0) is 9.30. The van der Waals surface area contributed by atoms with Crippen LogP contribution in [0.4, 0.5) is 0 Å². The minimum absolute atomic E-state index is 0.148. The fraction of sp³-hybridized carbons (Fsp3) is 0.667. The van der Waals surface area contributed by atoms with Crippen LogP contribution in [0.25, 0.3) is 0 Å². The topological polar surface area (TPSA) is 21.3 Å². The van der Waals surface area contributed by atoms with E-state index in [1.165, 1.54) is 0 Å². The summed E-state index contributed by atoms with van der Waals surface area (Å²) >= 11 is 4.94. The fourth-order valence-corrected chi connectivity index (χ4v) is 1.60. The van der Waals surface area contributed by atoms with Crippen molar-refractivity contribution in [1.82, 2.24) is 5.32 Å². The van der Waals surface area contributed by atoms with E-state index in [1.807, 2.05) is 6.92 Å². The highest BCUT2D eigenvalue weighted by atomic mass is 32.1. The smallest absolute Gasteiger partial charge is 0.257 e. The van der Waals surface area contributed by atoms with Crippen LogP contribution in [0.1, 0.15) is 20.8 Å². The zero-order valence-electron chi connectivity index (χ0n) is 7.76. The van der Waals surface area contributed by atoms with E-state index < -0.39 is 0 Å². The molecule has 1 N–H and O–H groups in total. The third kappa shape index (κ3) is 1.78.